The normalized spacial score (nSPS) is 23.2. The fourth-order valence-corrected chi connectivity index (χ4v) is 3.22. The van der Waals surface area contributed by atoms with Gasteiger partial charge < -0.3 is 16.2 Å². The number of hydrogen-bond donors (Lipinski definition) is 3. The average Bonchev–Trinajstić information content (AvgIpc) is 2.86. The zero-order valence-electron chi connectivity index (χ0n) is 10.6. The van der Waals surface area contributed by atoms with Crippen LogP contribution in [0.1, 0.15) is 40.9 Å². The summed E-state index contributed by atoms with van der Waals surface area (Å²) in [6.07, 6.45) is 3.59. The van der Waals surface area contributed by atoms with Crippen molar-refractivity contribution in [3.8, 4) is 0 Å². The summed E-state index contributed by atoms with van der Waals surface area (Å²) in [5.41, 5.74) is 5.64. The van der Waals surface area contributed by atoms with E-state index in [-0.39, 0.29) is 11.8 Å². The molecule has 1 heterocycles. The Kier molecular flexibility index (Phi) is 4.55. The zero-order chi connectivity index (χ0) is 13.8. The summed E-state index contributed by atoms with van der Waals surface area (Å²) in [7, 11) is 0. The minimum atomic E-state index is -0.885. The van der Waals surface area contributed by atoms with Crippen LogP contribution in [0.5, 0.6) is 0 Å². The van der Waals surface area contributed by atoms with Crippen LogP contribution in [0.3, 0.4) is 0 Å². The topological polar surface area (TPSA) is 92.4 Å². The first kappa shape index (κ1) is 14.0. The lowest BCUT2D eigenvalue weighted by Gasteiger charge is -2.27. The molecule has 19 heavy (non-hydrogen) atoms. The van der Waals surface area contributed by atoms with Gasteiger partial charge in [0.15, 0.2) is 0 Å². The number of aromatic carboxylic acids is 1. The number of amides is 1. The van der Waals surface area contributed by atoms with E-state index in [4.69, 9.17) is 10.8 Å². The molecule has 0 bridgehead atoms. The minimum absolute atomic E-state index is 0.0263. The Bertz CT molecular complexity index is 464. The van der Waals surface area contributed by atoms with Crippen LogP contribution in [0.15, 0.2) is 11.4 Å². The maximum atomic E-state index is 11.1. The van der Waals surface area contributed by atoms with Gasteiger partial charge in [-0.05, 0) is 31.7 Å². The van der Waals surface area contributed by atoms with Crippen molar-refractivity contribution >= 4 is 23.2 Å². The molecule has 104 valence electrons. The Hall–Kier alpha value is -1.40. The number of carbonyl (C=O) groups is 2. The first-order valence-electron chi connectivity index (χ1n) is 6.39. The molecule has 0 unspecified atom stereocenters. The number of thiophene rings is 1. The Labute approximate surface area is 115 Å². The zero-order valence-corrected chi connectivity index (χ0v) is 11.4. The van der Waals surface area contributed by atoms with E-state index in [1.54, 1.807) is 11.4 Å². The molecule has 2 rings (SSSR count). The highest BCUT2D eigenvalue weighted by Crippen LogP contribution is 2.24. The fourth-order valence-electron chi connectivity index (χ4n) is 2.41. The SMILES string of the molecule is NC(=O)C1CCC(NCc2cc(C(=O)O)cs2)CC1. The molecule has 4 N–H and O–H groups in total. The summed E-state index contributed by atoms with van der Waals surface area (Å²) in [5, 5.41) is 13.9. The number of carboxylic acids is 1. The molecular weight excluding hydrogens is 264 g/mol. The van der Waals surface area contributed by atoms with Crippen LogP contribution in [-0.2, 0) is 11.3 Å². The van der Waals surface area contributed by atoms with Crippen LogP contribution >= 0.6 is 11.3 Å². The molecule has 1 aromatic rings. The highest BCUT2D eigenvalue weighted by Gasteiger charge is 2.24. The van der Waals surface area contributed by atoms with Crippen molar-refractivity contribution in [1.29, 1.82) is 0 Å². The predicted octanol–water partition coefficient (Wildman–Crippen LogP) is 1.58. The van der Waals surface area contributed by atoms with Crippen LogP contribution in [0.4, 0.5) is 0 Å². The maximum absolute atomic E-state index is 11.1. The van der Waals surface area contributed by atoms with E-state index < -0.39 is 5.97 Å². The lowest BCUT2D eigenvalue weighted by Crippen LogP contribution is -2.36. The molecule has 6 heteroatoms. The number of hydrogen-bond acceptors (Lipinski definition) is 4. The molecule has 0 atom stereocenters. The standard InChI is InChI=1S/C13H18N2O3S/c14-12(16)8-1-3-10(4-2-8)15-6-11-5-9(7-19-11)13(17)18/h5,7-8,10,15H,1-4,6H2,(H2,14,16)(H,17,18). The summed E-state index contributed by atoms with van der Waals surface area (Å²) >= 11 is 1.45. The van der Waals surface area contributed by atoms with E-state index in [2.05, 4.69) is 5.32 Å². The molecule has 1 saturated carbocycles. The molecule has 1 amide bonds. The summed E-state index contributed by atoms with van der Waals surface area (Å²) in [6, 6.07) is 2.10. The van der Waals surface area contributed by atoms with E-state index in [0.717, 1.165) is 30.6 Å². The third kappa shape index (κ3) is 3.78. The van der Waals surface area contributed by atoms with Crippen molar-refractivity contribution in [2.75, 3.05) is 0 Å². The molecule has 1 aliphatic carbocycles. The Balaban J connectivity index is 1.77. The molecule has 0 saturated heterocycles. The quantitative estimate of drug-likeness (QED) is 0.764. The fraction of sp³-hybridized carbons (Fsp3) is 0.538. The monoisotopic (exact) mass is 282 g/mol. The van der Waals surface area contributed by atoms with Gasteiger partial charge in [0.25, 0.3) is 0 Å². The molecule has 1 aliphatic rings. The third-order valence-electron chi connectivity index (χ3n) is 3.60. The Morgan fingerprint density at radius 2 is 2.05 bits per heavy atom. The second-order valence-electron chi connectivity index (χ2n) is 4.94. The van der Waals surface area contributed by atoms with Crippen molar-refractivity contribution in [1.82, 2.24) is 5.32 Å². The molecule has 0 radical (unpaired) electrons. The van der Waals surface area contributed by atoms with E-state index in [0.29, 0.717) is 18.2 Å². The lowest BCUT2D eigenvalue weighted by atomic mass is 9.85. The van der Waals surface area contributed by atoms with Gasteiger partial charge in [-0.3, -0.25) is 4.79 Å². The van der Waals surface area contributed by atoms with E-state index >= 15 is 0 Å². The largest absolute Gasteiger partial charge is 0.478 e. The Morgan fingerprint density at radius 1 is 1.37 bits per heavy atom. The number of nitrogens with two attached hydrogens (primary N) is 1. The molecule has 0 aliphatic heterocycles. The molecule has 5 nitrogen and oxygen atoms in total. The molecule has 1 fully saturated rings. The van der Waals surface area contributed by atoms with Crippen LogP contribution in [0, 0.1) is 5.92 Å². The van der Waals surface area contributed by atoms with E-state index in [9.17, 15) is 9.59 Å². The molecular formula is C13H18N2O3S. The smallest absolute Gasteiger partial charge is 0.336 e. The number of carbonyl (C=O) groups excluding carboxylic acids is 1. The molecule has 0 aromatic carbocycles. The highest BCUT2D eigenvalue weighted by atomic mass is 32.1. The second-order valence-corrected chi connectivity index (χ2v) is 5.93. The minimum Gasteiger partial charge on any atom is -0.478 e. The summed E-state index contributed by atoms with van der Waals surface area (Å²) in [5.74, 6) is -1.05. The van der Waals surface area contributed by atoms with Crippen molar-refractivity contribution in [3.05, 3.63) is 21.9 Å². The third-order valence-corrected chi connectivity index (χ3v) is 4.53. The number of primary amides is 1. The molecule has 0 spiro atoms. The van der Waals surface area contributed by atoms with E-state index in [1.165, 1.54) is 11.3 Å². The lowest BCUT2D eigenvalue weighted by molar-refractivity contribution is -0.122. The Morgan fingerprint density at radius 3 is 2.58 bits per heavy atom. The van der Waals surface area contributed by atoms with E-state index in [1.807, 2.05) is 0 Å². The van der Waals surface area contributed by atoms with Crippen molar-refractivity contribution in [3.63, 3.8) is 0 Å². The number of rotatable bonds is 5. The van der Waals surface area contributed by atoms with Gasteiger partial charge in [-0.25, -0.2) is 4.79 Å². The number of carboxylic acid groups (broad SMARTS) is 1. The average molecular weight is 282 g/mol. The summed E-state index contributed by atoms with van der Waals surface area (Å²) < 4.78 is 0. The first-order valence-corrected chi connectivity index (χ1v) is 7.27. The van der Waals surface area contributed by atoms with Crippen LogP contribution in [0.2, 0.25) is 0 Å². The predicted molar refractivity (Wildman–Crippen MR) is 73.1 cm³/mol. The van der Waals surface area contributed by atoms with Gasteiger partial charge in [0.1, 0.15) is 0 Å². The molecule has 1 aromatic heterocycles. The van der Waals surface area contributed by atoms with Crippen LogP contribution < -0.4 is 11.1 Å². The highest BCUT2D eigenvalue weighted by molar-refractivity contribution is 7.10. The first-order chi connectivity index (χ1) is 9.06. The van der Waals surface area contributed by atoms with Crippen LogP contribution in [0.25, 0.3) is 0 Å². The van der Waals surface area contributed by atoms with Crippen molar-refractivity contribution < 1.29 is 14.7 Å². The van der Waals surface area contributed by atoms with Crippen LogP contribution in [-0.4, -0.2) is 23.0 Å². The van der Waals surface area contributed by atoms with Gasteiger partial charge >= 0.3 is 5.97 Å². The van der Waals surface area contributed by atoms with Gasteiger partial charge in [-0.2, -0.15) is 0 Å². The summed E-state index contributed by atoms with van der Waals surface area (Å²) in [4.78, 5) is 22.8. The van der Waals surface area contributed by atoms with Crippen molar-refractivity contribution in [2.45, 2.75) is 38.3 Å². The van der Waals surface area contributed by atoms with Gasteiger partial charge in [0, 0.05) is 28.8 Å². The van der Waals surface area contributed by atoms with Gasteiger partial charge in [0.2, 0.25) is 5.91 Å². The van der Waals surface area contributed by atoms with Gasteiger partial charge in [-0.1, -0.05) is 0 Å². The second kappa shape index (κ2) is 6.16. The van der Waals surface area contributed by atoms with Crippen molar-refractivity contribution in [2.24, 2.45) is 11.7 Å². The number of nitrogens with one attached hydrogen (secondary N) is 1. The summed E-state index contributed by atoms with van der Waals surface area (Å²) in [6.45, 7) is 0.684. The van der Waals surface area contributed by atoms with Gasteiger partial charge in [0.05, 0.1) is 5.56 Å². The maximum Gasteiger partial charge on any atom is 0.336 e. The van der Waals surface area contributed by atoms with Gasteiger partial charge in [-0.15, -0.1) is 11.3 Å².